The van der Waals surface area contributed by atoms with Crippen molar-refractivity contribution in [2.75, 3.05) is 6.54 Å². The van der Waals surface area contributed by atoms with Crippen LogP contribution in [0.15, 0.2) is 11.4 Å². The van der Waals surface area contributed by atoms with Crippen molar-refractivity contribution in [2.24, 2.45) is 5.92 Å². The Labute approximate surface area is 108 Å². The third-order valence-corrected chi connectivity index (χ3v) is 4.97. The number of Topliss-reactive ketones (excluding diaryl/α,β-unsaturated/α-hetero) is 1. The lowest BCUT2D eigenvalue weighted by Gasteiger charge is -2.36. The molecular formula is C14H21NOS. The molecule has 2 atom stereocenters. The number of carbonyl (C=O) groups excluding carboxylic acids is 1. The molecule has 1 aliphatic rings. The largest absolute Gasteiger partial charge is 0.299 e. The first kappa shape index (κ1) is 12.8. The Morgan fingerprint density at radius 2 is 2.24 bits per heavy atom. The fourth-order valence-electron chi connectivity index (χ4n) is 2.50. The van der Waals surface area contributed by atoms with Gasteiger partial charge in [0.15, 0.2) is 0 Å². The lowest BCUT2D eigenvalue weighted by atomic mass is 9.90. The molecule has 94 valence electrons. The summed E-state index contributed by atoms with van der Waals surface area (Å²) < 4.78 is 0. The SMILES string of the molecule is CCc1ccsc1CN1CCC(=O)C(C)C1C. The van der Waals surface area contributed by atoms with E-state index in [2.05, 4.69) is 37.1 Å². The van der Waals surface area contributed by atoms with E-state index in [1.165, 1.54) is 10.4 Å². The normalized spacial score (nSPS) is 26.4. The molecule has 0 aliphatic carbocycles. The van der Waals surface area contributed by atoms with Gasteiger partial charge in [-0.2, -0.15) is 0 Å². The summed E-state index contributed by atoms with van der Waals surface area (Å²) in [6, 6.07) is 2.60. The molecule has 0 saturated carbocycles. The van der Waals surface area contributed by atoms with Crippen LogP contribution in [0.2, 0.25) is 0 Å². The number of thiophene rings is 1. The molecule has 0 amide bonds. The van der Waals surface area contributed by atoms with Gasteiger partial charge in [0.1, 0.15) is 5.78 Å². The number of hydrogen-bond donors (Lipinski definition) is 0. The van der Waals surface area contributed by atoms with Crippen LogP contribution in [0.4, 0.5) is 0 Å². The highest BCUT2D eigenvalue weighted by Crippen LogP contribution is 2.25. The van der Waals surface area contributed by atoms with E-state index in [1.807, 2.05) is 11.3 Å². The van der Waals surface area contributed by atoms with E-state index in [1.54, 1.807) is 0 Å². The second-order valence-corrected chi connectivity index (χ2v) is 5.94. The van der Waals surface area contributed by atoms with E-state index < -0.39 is 0 Å². The summed E-state index contributed by atoms with van der Waals surface area (Å²) >= 11 is 1.85. The lowest BCUT2D eigenvalue weighted by Crippen LogP contribution is -2.46. The van der Waals surface area contributed by atoms with Gasteiger partial charge in [0.2, 0.25) is 0 Å². The van der Waals surface area contributed by atoms with E-state index in [4.69, 9.17) is 0 Å². The Hall–Kier alpha value is -0.670. The minimum atomic E-state index is 0.189. The number of piperidine rings is 1. The van der Waals surface area contributed by atoms with Gasteiger partial charge < -0.3 is 0 Å². The quantitative estimate of drug-likeness (QED) is 0.822. The molecule has 0 radical (unpaired) electrons. The highest BCUT2D eigenvalue weighted by Gasteiger charge is 2.30. The predicted molar refractivity (Wildman–Crippen MR) is 72.4 cm³/mol. The average Bonchev–Trinajstić information content (AvgIpc) is 2.77. The third kappa shape index (κ3) is 2.61. The number of ketones is 1. The van der Waals surface area contributed by atoms with Crippen LogP contribution >= 0.6 is 11.3 Å². The van der Waals surface area contributed by atoms with Crippen LogP contribution in [0.5, 0.6) is 0 Å². The van der Waals surface area contributed by atoms with Crippen molar-refractivity contribution in [1.82, 2.24) is 4.90 Å². The maximum absolute atomic E-state index is 11.7. The van der Waals surface area contributed by atoms with Crippen LogP contribution in [-0.2, 0) is 17.8 Å². The molecule has 0 aromatic carbocycles. The Morgan fingerprint density at radius 1 is 1.47 bits per heavy atom. The standard InChI is InChI=1S/C14H21NOS/c1-4-12-6-8-17-14(12)9-15-7-5-13(16)10(2)11(15)3/h6,8,10-11H,4-5,7,9H2,1-3H3. The molecule has 1 saturated heterocycles. The molecule has 1 aromatic rings. The van der Waals surface area contributed by atoms with Crippen molar-refractivity contribution in [3.05, 3.63) is 21.9 Å². The van der Waals surface area contributed by atoms with Crippen LogP contribution < -0.4 is 0 Å². The minimum absolute atomic E-state index is 0.189. The second kappa shape index (κ2) is 5.32. The molecule has 3 heteroatoms. The van der Waals surface area contributed by atoms with Crippen molar-refractivity contribution in [3.8, 4) is 0 Å². The van der Waals surface area contributed by atoms with Gasteiger partial charge >= 0.3 is 0 Å². The number of rotatable bonds is 3. The lowest BCUT2D eigenvalue weighted by molar-refractivity contribution is -0.128. The number of aryl methyl sites for hydroxylation is 1. The van der Waals surface area contributed by atoms with Crippen molar-refractivity contribution in [3.63, 3.8) is 0 Å². The average molecular weight is 251 g/mol. The Balaban J connectivity index is 2.06. The van der Waals surface area contributed by atoms with E-state index in [-0.39, 0.29) is 5.92 Å². The van der Waals surface area contributed by atoms with Crippen molar-refractivity contribution in [2.45, 2.75) is 46.2 Å². The molecule has 2 heterocycles. The van der Waals surface area contributed by atoms with Crippen LogP contribution in [-0.4, -0.2) is 23.3 Å². The van der Waals surface area contributed by atoms with Gasteiger partial charge in [-0.25, -0.2) is 0 Å². The van der Waals surface area contributed by atoms with Gasteiger partial charge in [-0.15, -0.1) is 11.3 Å². The first-order chi connectivity index (χ1) is 8.13. The monoisotopic (exact) mass is 251 g/mol. The zero-order valence-electron chi connectivity index (χ0n) is 10.9. The summed E-state index contributed by atoms with van der Waals surface area (Å²) in [5, 5.41) is 2.18. The molecule has 17 heavy (non-hydrogen) atoms. The zero-order chi connectivity index (χ0) is 12.4. The summed E-state index contributed by atoms with van der Waals surface area (Å²) in [5.41, 5.74) is 1.46. The topological polar surface area (TPSA) is 20.3 Å². The second-order valence-electron chi connectivity index (χ2n) is 4.94. The molecule has 2 unspecified atom stereocenters. The van der Waals surface area contributed by atoms with Gasteiger partial charge in [0, 0.05) is 36.3 Å². The Bertz CT molecular complexity index is 399. The van der Waals surface area contributed by atoms with E-state index in [0.29, 0.717) is 11.8 Å². The minimum Gasteiger partial charge on any atom is -0.299 e. The molecule has 1 fully saturated rings. The Morgan fingerprint density at radius 3 is 2.94 bits per heavy atom. The molecule has 0 bridgehead atoms. The predicted octanol–water partition coefficient (Wildman–Crippen LogP) is 3.11. The van der Waals surface area contributed by atoms with Crippen molar-refractivity contribution >= 4 is 17.1 Å². The van der Waals surface area contributed by atoms with Gasteiger partial charge in [0.25, 0.3) is 0 Å². The third-order valence-electron chi connectivity index (χ3n) is 4.02. The van der Waals surface area contributed by atoms with E-state index in [0.717, 1.165) is 25.9 Å². The first-order valence-electron chi connectivity index (χ1n) is 6.45. The van der Waals surface area contributed by atoms with Crippen LogP contribution in [0.3, 0.4) is 0 Å². The zero-order valence-corrected chi connectivity index (χ0v) is 11.7. The maximum atomic E-state index is 11.7. The molecule has 1 aliphatic heterocycles. The number of carbonyl (C=O) groups is 1. The van der Waals surface area contributed by atoms with Gasteiger partial charge in [-0.05, 0) is 30.4 Å². The first-order valence-corrected chi connectivity index (χ1v) is 7.33. The molecule has 1 aromatic heterocycles. The van der Waals surface area contributed by atoms with Gasteiger partial charge in [-0.1, -0.05) is 13.8 Å². The fraction of sp³-hybridized carbons (Fsp3) is 0.643. The smallest absolute Gasteiger partial charge is 0.138 e. The highest BCUT2D eigenvalue weighted by molar-refractivity contribution is 7.10. The van der Waals surface area contributed by atoms with Gasteiger partial charge in [-0.3, -0.25) is 9.69 Å². The number of nitrogens with zero attached hydrogens (tertiary/aromatic N) is 1. The summed E-state index contributed by atoms with van der Waals surface area (Å²) in [6.07, 6.45) is 1.83. The van der Waals surface area contributed by atoms with Crippen LogP contribution in [0.25, 0.3) is 0 Å². The Kier molecular flexibility index (Phi) is 4.00. The molecular weight excluding hydrogens is 230 g/mol. The van der Waals surface area contributed by atoms with Crippen LogP contribution in [0, 0.1) is 5.92 Å². The van der Waals surface area contributed by atoms with Crippen LogP contribution in [0.1, 0.15) is 37.6 Å². The van der Waals surface area contributed by atoms with Crippen molar-refractivity contribution in [1.29, 1.82) is 0 Å². The maximum Gasteiger partial charge on any atom is 0.138 e. The van der Waals surface area contributed by atoms with E-state index >= 15 is 0 Å². The summed E-state index contributed by atoms with van der Waals surface area (Å²) in [5.74, 6) is 0.615. The van der Waals surface area contributed by atoms with Gasteiger partial charge in [0.05, 0.1) is 0 Å². The highest BCUT2D eigenvalue weighted by atomic mass is 32.1. The molecule has 2 nitrogen and oxygen atoms in total. The molecule has 2 rings (SSSR count). The molecule has 0 spiro atoms. The summed E-state index contributed by atoms with van der Waals surface area (Å²) in [6.45, 7) is 8.39. The summed E-state index contributed by atoms with van der Waals surface area (Å²) in [4.78, 5) is 15.6. The number of likely N-dealkylation sites (tertiary alicyclic amines) is 1. The number of hydrogen-bond acceptors (Lipinski definition) is 3. The van der Waals surface area contributed by atoms with Crippen molar-refractivity contribution < 1.29 is 4.79 Å². The molecule has 0 N–H and O–H groups in total. The fourth-order valence-corrected chi connectivity index (χ4v) is 3.50. The summed E-state index contributed by atoms with van der Waals surface area (Å²) in [7, 11) is 0. The van der Waals surface area contributed by atoms with E-state index in [9.17, 15) is 4.79 Å².